The second kappa shape index (κ2) is 10.8. The lowest BCUT2D eigenvalue weighted by atomic mass is 10.2. The molecule has 3 aromatic rings. The van der Waals surface area contributed by atoms with Crippen LogP contribution in [0.1, 0.15) is 35.6 Å². The van der Waals surface area contributed by atoms with Crippen LogP contribution in [-0.2, 0) is 6.54 Å². The van der Waals surface area contributed by atoms with Crippen molar-refractivity contribution < 1.29 is 13.8 Å². The topological polar surface area (TPSA) is 140 Å². The lowest BCUT2D eigenvalue weighted by molar-refractivity contribution is 0.0945. The number of nitrogens with one attached hydrogen (secondary N) is 1. The van der Waals surface area contributed by atoms with Gasteiger partial charge in [0.2, 0.25) is 11.6 Å². The summed E-state index contributed by atoms with van der Waals surface area (Å²) in [4.78, 5) is 14.9. The van der Waals surface area contributed by atoms with Crippen LogP contribution in [0.4, 0.5) is 10.2 Å². The van der Waals surface area contributed by atoms with E-state index in [1.54, 1.807) is 0 Å². The summed E-state index contributed by atoms with van der Waals surface area (Å²) in [7, 11) is 0. The molecule has 2 aromatic heterocycles. The third kappa shape index (κ3) is 5.34. The fourth-order valence-corrected chi connectivity index (χ4v) is 2.85. The monoisotopic (exact) mass is 471 g/mol. The number of benzene rings is 1. The van der Waals surface area contributed by atoms with Crippen LogP contribution in [0, 0.1) is 5.82 Å². The molecule has 0 saturated carbocycles. The van der Waals surface area contributed by atoms with E-state index >= 15 is 0 Å². The summed E-state index contributed by atoms with van der Waals surface area (Å²) < 4.78 is 19.6. The maximum Gasteiger partial charge on any atom is 0.292 e. The van der Waals surface area contributed by atoms with Crippen molar-refractivity contribution >= 4 is 41.9 Å². The van der Waals surface area contributed by atoms with Crippen molar-refractivity contribution in [3.63, 3.8) is 0 Å². The SMILES string of the molecule is CCN(CC)Cc1nnn(-c2nonc2N)c1C(=O)N/N=C/c1c(F)cccc1Cl.Cl. The Morgan fingerprint density at radius 3 is 2.74 bits per heavy atom. The molecule has 14 heteroatoms. The van der Waals surface area contributed by atoms with Crippen molar-refractivity contribution in [2.75, 3.05) is 18.8 Å². The first-order valence-electron chi connectivity index (χ1n) is 8.98. The van der Waals surface area contributed by atoms with Crippen LogP contribution in [0.3, 0.4) is 0 Å². The van der Waals surface area contributed by atoms with Gasteiger partial charge in [-0.3, -0.25) is 9.69 Å². The highest BCUT2D eigenvalue weighted by atomic mass is 35.5. The molecule has 166 valence electrons. The third-order valence-electron chi connectivity index (χ3n) is 4.28. The van der Waals surface area contributed by atoms with Crippen LogP contribution in [0.2, 0.25) is 5.02 Å². The van der Waals surface area contributed by atoms with Crippen molar-refractivity contribution in [3.05, 3.63) is 46.0 Å². The summed E-state index contributed by atoms with van der Waals surface area (Å²) in [5.74, 6) is -1.28. The van der Waals surface area contributed by atoms with Gasteiger partial charge in [0.25, 0.3) is 5.91 Å². The molecule has 0 unspecified atom stereocenters. The number of hydrogen-bond donors (Lipinski definition) is 2. The van der Waals surface area contributed by atoms with Crippen molar-refractivity contribution in [2.45, 2.75) is 20.4 Å². The van der Waals surface area contributed by atoms with Gasteiger partial charge in [0.05, 0.1) is 11.2 Å². The van der Waals surface area contributed by atoms with E-state index in [-0.39, 0.29) is 40.3 Å². The van der Waals surface area contributed by atoms with Gasteiger partial charge in [0.15, 0.2) is 5.69 Å². The first-order valence-corrected chi connectivity index (χ1v) is 9.36. The molecule has 0 aliphatic carbocycles. The number of anilines is 1. The highest BCUT2D eigenvalue weighted by molar-refractivity contribution is 6.33. The predicted octanol–water partition coefficient (Wildman–Crippen LogP) is 2.05. The van der Waals surface area contributed by atoms with Crippen molar-refractivity contribution in [1.29, 1.82) is 0 Å². The Balaban J connectivity index is 0.00000341. The molecule has 0 aliphatic rings. The number of nitrogens with zero attached hydrogens (tertiary/aromatic N) is 7. The number of hydrazone groups is 1. The van der Waals surface area contributed by atoms with Crippen LogP contribution in [-0.4, -0.2) is 55.4 Å². The smallest absolute Gasteiger partial charge is 0.292 e. The van der Waals surface area contributed by atoms with Gasteiger partial charge in [0.1, 0.15) is 11.5 Å². The highest BCUT2D eigenvalue weighted by Crippen LogP contribution is 2.18. The Labute approximate surface area is 187 Å². The van der Waals surface area contributed by atoms with Gasteiger partial charge < -0.3 is 5.73 Å². The Morgan fingerprint density at radius 2 is 2.13 bits per heavy atom. The first-order chi connectivity index (χ1) is 14.5. The van der Waals surface area contributed by atoms with E-state index in [9.17, 15) is 9.18 Å². The number of amides is 1. The molecule has 0 fully saturated rings. The first kappa shape index (κ1) is 24.2. The van der Waals surface area contributed by atoms with E-state index in [4.69, 9.17) is 17.3 Å². The molecule has 1 aromatic carbocycles. The average Bonchev–Trinajstić information content (AvgIpc) is 3.33. The number of carbonyl (C=O) groups is 1. The van der Waals surface area contributed by atoms with Crippen molar-refractivity contribution in [1.82, 2.24) is 35.6 Å². The lowest BCUT2D eigenvalue weighted by Gasteiger charge is -2.16. The van der Waals surface area contributed by atoms with E-state index in [2.05, 4.69) is 35.8 Å². The Bertz CT molecular complexity index is 1050. The molecule has 11 nitrogen and oxygen atoms in total. The third-order valence-corrected chi connectivity index (χ3v) is 4.61. The van der Waals surface area contributed by atoms with Gasteiger partial charge in [-0.15, -0.1) is 17.5 Å². The molecule has 0 radical (unpaired) electrons. The van der Waals surface area contributed by atoms with Gasteiger partial charge in [-0.1, -0.05) is 36.7 Å². The maximum absolute atomic E-state index is 13.9. The minimum Gasteiger partial charge on any atom is -0.378 e. The summed E-state index contributed by atoms with van der Waals surface area (Å²) in [6, 6.07) is 4.21. The number of carbonyl (C=O) groups excluding carboxylic acids is 1. The molecule has 2 heterocycles. The number of rotatable bonds is 8. The molecule has 3 N–H and O–H groups in total. The van der Waals surface area contributed by atoms with E-state index in [0.717, 1.165) is 24.0 Å². The van der Waals surface area contributed by atoms with E-state index in [1.807, 2.05) is 18.7 Å². The minimum absolute atomic E-state index is 0. The highest BCUT2D eigenvalue weighted by Gasteiger charge is 2.25. The van der Waals surface area contributed by atoms with Gasteiger partial charge in [-0.2, -0.15) is 9.78 Å². The molecule has 0 aliphatic heterocycles. The number of nitrogens with two attached hydrogens (primary N) is 1. The predicted molar refractivity (Wildman–Crippen MR) is 114 cm³/mol. The largest absolute Gasteiger partial charge is 0.378 e. The quantitative estimate of drug-likeness (QED) is 0.375. The molecule has 3 rings (SSSR count). The van der Waals surface area contributed by atoms with Gasteiger partial charge in [0, 0.05) is 12.1 Å². The lowest BCUT2D eigenvalue weighted by Crippen LogP contribution is -2.27. The normalized spacial score (nSPS) is 11.1. The zero-order chi connectivity index (χ0) is 21.7. The van der Waals surface area contributed by atoms with Gasteiger partial charge >= 0.3 is 0 Å². The van der Waals surface area contributed by atoms with Gasteiger partial charge in [-0.25, -0.2) is 14.4 Å². The molecule has 0 bridgehead atoms. The zero-order valence-corrected chi connectivity index (χ0v) is 18.2. The van der Waals surface area contributed by atoms with Crippen LogP contribution in [0.15, 0.2) is 27.9 Å². The van der Waals surface area contributed by atoms with Crippen molar-refractivity contribution in [3.8, 4) is 5.82 Å². The second-order valence-electron chi connectivity index (χ2n) is 6.07. The number of nitrogen functional groups attached to an aromatic ring is 1. The summed E-state index contributed by atoms with van der Waals surface area (Å²) in [5, 5.41) is 19.2. The van der Waals surface area contributed by atoms with Crippen molar-refractivity contribution in [2.24, 2.45) is 5.10 Å². The number of hydrogen-bond acceptors (Lipinski definition) is 9. The molecular formula is C17H20Cl2FN9O2. The summed E-state index contributed by atoms with van der Waals surface area (Å²) in [5.41, 5.74) is 8.51. The summed E-state index contributed by atoms with van der Waals surface area (Å²) >= 11 is 5.96. The Kier molecular flexibility index (Phi) is 8.42. The molecular weight excluding hydrogens is 452 g/mol. The van der Waals surface area contributed by atoms with Crippen LogP contribution in [0.25, 0.3) is 5.82 Å². The van der Waals surface area contributed by atoms with E-state index < -0.39 is 11.7 Å². The fourth-order valence-electron chi connectivity index (χ4n) is 2.63. The zero-order valence-electron chi connectivity index (χ0n) is 16.6. The fraction of sp³-hybridized carbons (Fsp3) is 0.294. The van der Waals surface area contributed by atoms with Crippen LogP contribution in [0.5, 0.6) is 0 Å². The molecule has 1 amide bonds. The van der Waals surface area contributed by atoms with Crippen LogP contribution >= 0.6 is 24.0 Å². The van der Waals surface area contributed by atoms with E-state index in [1.165, 1.54) is 18.2 Å². The minimum atomic E-state index is -0.659. The maximum atomic E-state index is 13.9. The summed E-state index contributed by atoms with van der Waals surface area (Å²) in [6.07, 6.45) is 1.11. The molecule has 31 heavy (non-hydrogen) atoms. The Morgan fingerprint density at radius 1 is 1.39 bits per heavy atom. The van der Waals surface area contributed by atoms with Crippen LogP contribution < -0.4 is 11.2 Å². The summed E-state index contributed by atoms with van der Waals surface area (Å²) in [6.45, 7) is 5.79. The van der Waals surface area contributed by atoms with Gasteiger partial charge in [-0.05, 0) is 35.5 Å². The number of aromatic nitrogens is 5. The number of halogens is 3. The molecule has 0 spiro atoms. The second-order valence-corrected chi connectivity index (χ2v) is 6.47. The molecule has 0 saturated heterocycles. The average molecular weight is 472 g/mol. The standard InChI is InChI=1S/C17H19ClFN9O2.ClH/c1-3-27(4-2)9-13-14(28(26-22-13)16-15(20)24-30-25-16)17(29)23-21-8-10-11(18)6-5-7-12(10)19;/h5-8H,3-4,9H2,1-2H3,(H2,20,24)(H,23,29);1H/b21-8+;. The Hall–Kier alpha value is -3.09. The molecule has 0 atom stereocenters. The van der Waals surface area contributed by atoms with E-state index in [0.29, 0.717) is 12.2 Å².